The van der Waals surface area contributed by atoms with Crippen molar-refractivity contribution in [2.75, 3.05) is 6.61 Å². The van der Waals surface area contributed by atoms with Gasteiger partial charge in [-0.15, -0.1) is 0 Å². The lowest BCUT2D eigenvalue weighted by Crippen LogP contribution is -2.05. The summed E-state index contributed by atoms with van der Waals surface area (Å²) < 4.78 is 5.33. The molecule has 0 spiro atoms. The first-order valence-electron chi connectivity index (χ1n) is 13.0. The average Bonchev–Trinajstić information content (AvgIpc) is 2.70. The van der Waals surface area contributed by atoms with Gasteiger partial charge in [-0.05, 0) is 12.8 Å². The predicted molar refractivity (Wildman–Crippen MR) is 129 cm³/mol. The first-order valence-corrected chi connectivity index (χ1v) is 13.0. The normalized spacial score (nSPS) is 10.7. The van der Waals surface area contributed by atoms with Crippen LogP contribution in [0.25, 0.3) is 0 Å². The van der Waals surface area contributed by atoms with E-state index in [-0.39, 0.29) is 12.1 Å². The maximum atomic E-state index is 11.7. The molecule has 0 aromatic rings. The summed E-state index contributed by atoms with van der Waals surface area (Å²) in [6, 6.07) is 0. The molecule has 0 fully saturated rings. The van der Waals surface area contributed by atoms with Gasteiger partial charge in [-0.3, -0.25) is 4.79 Å². The Morgan fingerprint density at radius 3 is 1.17 bits per heavy atom. The van der Waals surface area contributed by atoms with Gasteiger partial charge < -0.3 is 10.9 Å². The number of unbranched alkanes of at least 4 members (excludes halogenated alkanes) is 19. The molecule has 0 aromatic heterocycles. The molecule has 0 bridgehead atoms. The van der Waals surface area contributed by atoms with Crippen LogP contribution in [0.15, 0.2) is 0 Å². The largest absolute Gasteiger partial charge is 0.466 e. The van der Waals surface area contributed by atoms with Crippen molar-refractivity contribution in [3.8, 4) is 0 Å². The van der Waals surface area contributed by atoms with Crippen molar-refractivity contribution in [1.29, 1.82) is 0 Å². The maximum absolute atomic E-state index is 11.7. The Morgan fingerprint density at radius 1 is 0.483 bits per heavy atom. The van der Waals surface area contributed by atoms with Gasteiger partial charge >= 0.3 is 5.97 Å². The molecule has 3 nitrogen and oxygen atoms in total. The van der Waals surface area contributed by atoms with Gasteiger partial charge in [-0.1, -0.05) is 136 Å². The highest BCUT2D eigenvalue weighted by Crippen LogP contribution is 2.14. The fourth-order valence-electron chi connectivity index (χ4n) is 3.78. The SMILES string of the molecule is CCCCCCCCCCCCCCCCCC(=O)OCCCCCCCC.N. The molecule has 3 heteroatoms. The Balaban J connectivity index is 0. The molecular formula is C26H55NO2. The maximum Gasteiger partial charge on any atom is 0.305 e. The smallest absolute Gasteiger partial charge is 0.305 e. The lowest BCUT2D eigenvalue weighted by atomic mass is 10.0. The van der Waals surface area contributed by atoms with Crippen LogP contribution >= 0.6 is 0 Å². The molecule has 3 N–H and O–H groups in total. The van der Waals surface area contributed by atoms with E-state index in [9.17, 15) is 4.79 Å². The van der Waals surface area contributed by atoms with E-state index >= 15 is 0 Å². The summed E-state index contributed by atoms with van der Waals surface area (Å²) >= 11 is 0. The zero-order valence-electron chi connectivity index (χ0n) is 20.3. The minimum Gasteiger partial charge on any atom is -0.466 e. The van der Waals surface area contributed by atoms with Crippen molar-refractivity contribution < 1.29 is 9.53 Å². The van der Waals surface area contributed by atoms with E-state index in [0.29, 0.717) is 13.0 Å². The zero-order valence-corrected chi connectivity index (χ0v) is 20.3. The number of carbonyl (C=O) groups is 1. The van der Waals surface area contributed by atoms with Gasteiger partial charge in [-0.2, -0.15) is 0 Å². The molecule has 0 aliphatic heterocycles. The van der Waals surface area contributed by atoms with E-state index in [0.717, 1.165) is 12.8 Å². The molecule has 0 amide bonds. The van der Waals surface area contributed by atoms with Crippen LogP contribution in [-0.2, 0) is 9.53 Å². The highest BCUT2D eigenvalue weighted by Gasteiger charge is 2.02. The second kappa shape index (κ2) is 27.4. The Bertz CT molecular complexity index is 307. The molecule has 0 radical (unpaired) electrons. The van der Waals surface area contributed by atoms with Crippen LogP contribution in [-0.4, -0.2) is 12.6 Å². The lowest BCUT2D eigenvalue weighted by molar-refractivity contribution is -0.143. The summed E-state index contributed by atoms with van der Waals surface area (Å²) in [4.78, 5) is 11.7. The minimum absolute atomic E-state index is 0. The quantitative estimate of drug-likeness (QED) is 0.134. The van der Waals surface area contributed by atoms with E-state index in [4.69, 9.17) is 4.74 Å². The highest BCUT2D eigenvalue weighted by molar-refractivity contribution is 5.69. The van der Waals surface area contributed by atoms with Crippen molar-refractivity contribution in [2.24, 2.45) is 0 Å². The van der Waals surface area contributed by atoms with Gasteiger partial charge in [0.1, 0.15) is 0 Å². The molecule has 0 unspecified atom stereocenters. The van der Waals surface area contributed by atoms with Crippen LogP contribution in [0.4, 0.5) is 0 Å². The van der Waals surface area contributed by atoms with Gasteiger partial charge in [0.15, 0.2) is 0 Å². The lowest BCUT2D eigenvalue weighted by Gasteiger charge is -2.05. The third-order valence-corrected chi connectivity index (χ3v) is 5.75. The summed E-state index contributed by atoms with van der Waals surface area (Å²) in [5.74, 6) is 0.0169. The number of esters is 1. The van der Waals surface area contributed by atoms with Gasteiger partial charge in [0.05, 0.1) is 6.61 Å². The third kappa shape index (κ3) is 27.4. The Hall–Kier alpha value is -0.570. The molecule has 0 aliphatic carbocycles. The fourth-order valence-corrected chi connectivity index (χ4v) is 3.78. The van der Waals surface area contributed by atoms with E-state index < -0.39 is 0 Å². The Morgan fingerprint density at radius 2 is 0.793 bits per heavy atom. The summed E-state index contributed by atoms with van der Waals surface area (Å²) in [7, 11) is 0. The Labute approximate surface area is 183 Å². The summed E-state index contributed by atoms with van der Waals surface area (Å²) in [6.45, 7) is 5.15. The monoisotopic (exact) mass is 413 g/mol. The van der Waals surface area contributed by atoms with Crippen LogP contribution < -0.4 is 6.15 Å². The summed E-state index contributed by atoms with van der Waals surface area (Å²) in [6.07, 6.45) is 28.5. The molecule has 0 saturated carbocycles. The van der Waals surface area contributed by atoms with Crippen molar-refractivity contribution in [3.63, 3.8) is 0 Å². The topological polar surface area (TPSA) is 61.3 Å². The number of hydrogen-bond acceptors (Lipinski definition) is 3. The molecule has 176 valence electrons. The minimum atomic E-state index is 0. The summed E-state index contributed by atoms with van der Waals surface area (Å²) in [5, 5.41) is 0. The van der Waals surface area contributed by atoms with Crippen molar-refractivity contribution >= 4 is 5.97 Å². The van der Waals surface area contributed by atoms with E-state index in [1.54, 1.807) is 0 Å². The van der Waals surface area contributed by atoms with Crippen LogP contribution in [0.5, 0.6) is 0 Å². The van der Waals surface area contributed by atoms with Crippen molar-refractivity contribution in [1.82, 2.24) is 6.15 Å². The predicted octanol–water partition coefficient (Wildman–Crippen LogP) is 9.31. The first kappa shape index (κ1) is 30.6. The number of ether oxygens (including phenoxy) is 1. The average molecular weight is 414 g/mol. The van der Waals surface area contributed by atoms with Crippen LogP contribution in [0.2, 0.25) is 0 Å². The molecule has 0 aliphatic rings. The molecule has 0 rings (SSSR count). The molecule has 29 heavy (non-hydrogen) atoms. The van der Waals surface area contributed by atoms with Crippen molar-refractivity contribution in [2.45, 2.75) is 155 Å². The molecule has 0 atom stereocenters. The van der Waals surface area contributed by atoms with Crippen LogP contribution in [0.3, 0.4) is 0 Å². The number of rotatable bonds is 23. The van der Waals surface area contributed by atoms with Crippen molar-refractivity contribution in [3.05, 3.63) is 0 Å². The van der Waals surface area contributed by atoms with Gasteiger partial charge in [0.2, 0.25) is 0 Å². The molecule has 0 heterocycles. The van der Waals surface area contributed by atoms with Gasteiger partial charge in [0.25, 0.3) is 0 Å². The zero-order chi connectivity index (χ0) is 20.5. The third-order valence-electron chi connectivity index (χ3n) is 5.75. The second-order valence-corrected chi connectivity index (χ2v) is 8.69. The van der Waals surface area contributed by atoms with Gasteiger partial charge in [0, 0.05) is 6.42 Å². The number of hydrogen-bond donors (Lipinski definition) is 1. The molecular weight excluding hydrogens is 358 g/mol. The van der Waals surface area contributed by atoms with E-state index in [1.165, 1.54) is 122 Å². The Kier molecular flexibility index (Phi) is 29.0. The first-order chi connectivity index (χ1) is 13.8. The van der Waals surface area contributed by atoms with E-state index in [1.807, 2.05) is 0 Å². The fraction of sp³-hybridized carbons (Fsp3) is 0.962. The molecule has 0 saturated heterocycles. The van der Waals surface area contributed by atoms with E-state index in [2.05, 4.69) is 13.8 Å². The van der Waals surface area contributed by atoms with Crippen LogP contribution in [0, 0.1) is 0 Å². The molecule has 0 aromatic carbocycles. The highest BCUT2D eigenvalue weighted by atomic mass is 16.5. The van der Waals surface area contributed by atoms with Crippen LogP contribution in [0.1, 0.15) is 155 Å². The summed E-state index contributed by atoms with van der Waals surface area (Å²) in [5.41, 5.74) is 0. The number of carbonyl (C=O) groups excluding carboxylic acids is 1. The standard InChI is InChI=1S/C26H52O2.H3N/c1-3-5-7-9-11-12-13-14-15-16-17-18-19-20-22-24-26(27)28-25-23-21-10-8-6-4-2;/h3-25H2,1-2H3;1H3. The van der Waals surface area contributed by atoms with Gasteiger partial charge in [-0.25, -0.2) is 0 Å². The second-order valence-electron chi connectivity index (χ2n) is 8.69.